The molecule has 2 saturated heterocycles. The normalized spacial score (nSPS) is 19.8. The highest BCUT2D eigenvalue weighted by Crippen LogP contribution is 2.46. The fourth-order valence-electron chi connectivity index (χ4n) is 6.75. The zero-order valence-electron chi connectivity index (χ0n) is 22.3. The number of ketones is 1. The maximum absolute atomic E-state index is 14.0. The van der Waals surface area contributed by atoms with E-state index in [0.717, 1.165) is 85.6 Å². The number of carbonyl (C=O) groups excluding carboxylic acids is 1. The average Bonchev–Trinajstić information content (AvgIpc) is 3.35. The number of aromatic amines is 1. The molecule has 0 unspecified atom stereocenters. The van der Waals surface area contributed by atoms with E-state index in [2.05, 4.69) is 40.8 Å². The molecule has 2 aliphatic heterocycles. The van der Waals surface area contributed by atoms with Crippen LogP contribution in [0.1, 0.15) is 71.4 Å². The van der Waals surface area contributed by atoms with Gasteiger partial charge in [0.25, 0.3) is 0 Å². The first kappa shape index (κ1) is 25.1. The van der Waals surface area contributed by atoms with Crippen molar-refractivity contribution in [1.29, 1.82) is 5.26 Å². The van der Waals surface area contributed by atoms with E-state index in [1.54, 1.807) is 6.07 Å². The van der Waals surface area contributed by atoms with Crippen LogP contribution in [0.25, 0.3) is 10.9 Å². The van der Waals surface area contributed by atoms with Gasteiger partial charge in [0.05, 0.1) is 37.1 Å². The maximum atomic E-state index is 14.0. The number of benzene rings is 2. The van der Waals surface area contributed by atoms with Crippen molar-refractivity contribution >= 4 is 22.4 Å². The Morgan fingerprint density at radius 2 is 1.89 bits per heavy atom. The Labute approximate surface area is 223 Å². The van der Waals surface area contributed by atoms with Gasteiger partial charge in [-0.3, -0.25) is 14.1 Å². The van der Waals surface area contributed by atoms with E-state index in [9.17, 15) is 14.4 Å². The zero-order chi connectivity index (χ0) is 26.4. The quantitative estimate of drug-likeness (QED) is 0.512. The molecule has 0 spiro atoms. The van der Waals surface area contributed by atoms with Gasteiger partial charge in [0.2, 0.25) is 0 Å². The summed E-state index contributed by atoms with van der Waals surface area (Å²) in [6.45, 7) is 9.49. The first-order valence-corrected chi connectivity index (χ1v) is 13.8. The van der Waals surface area contributed by atoms with Crippen LogP contribution in [0.15, 0.2) is 30.3 Å². The van der Waals surface area contributed by atoms with Crippen LogP contribution in [-0.2, 0) is 16.6 Å². The van der Waals surface area contributed by atoms with Crippen molar-refractivity contribution < 1.29 is 13.9 Å². The Morgan fingerprint density at radius 3 is 2.61 bits per heavy atom. The Morgan fingerprint density at radius 1 is 1.13 bits per heavy atom. The molecular weight excluding hydrogens is 479 g/mol. The molecule has 6 rings (SSSR count). The third kappa shape index (κ3) is 4.11. The number of aromatic nitrogens is 1. The number of nitrogens with zero attached hydrogens (tertiary/aromatic N) is 3. The summed E-state index contributed by atoms with van der Waals surface area (Å²) in [6.07, 6.45) is 3.25. The number of H-pyrrole nitrogens is 1. The fourth-order valence-corrected chi connectivity index (χ4v) is 6.75. The fraction of sp³-hybridized carbons (Fsp3) is 0.484. The van der Waals surface area contributed by atoms with E-state index >= 15 is 0 Å². The minimum atomic E-state index is -0.427. The number of fused-ring (bicyclic) bond motifs is 4. The summed E-state index contributed by atoms with van der Waals surface area (Å²) in [5, 5.41) is 10.2. The number of halogens is 1. The monoisotopic (exact) mass is 514 g/mol. The molecule has 3 heterocycles. The molecule has 198 valence electrons. The van der Waals surface area contributed by atoms with Gasteiger partial charge in [0.1, 0.15) is 0 Å². The first-order chi connectivity index (χ1) is 18.4. The lowest BCUT2D eigenvalue weighted by Crippen LogP contribution is -2.49. The molecule has 0 atom stereocenters. The second kappa shape index (κ2) is 9.83. The molecule has 1 aromatic heterocycles. The van der Waals surface area contributed by atoms with E-state index in [-0.39, 0.29) is 12.5 Å². The first-order valence-electron chi connectivity index (χ1n) is 13.8. The van der Waals surface area contributed by atoms with Gasteiger partial charge >= 0.3 is 0 Å². The summed E-state index contributed by atoms with van der Waals surface area (Å²) < 4.78 is 18.9. The summed E-state index contributed by atoms with van der Waals surface area (Å²) >= 11 is 0. The van der Waals surface area contributed by atoms with Crippen LogP contribution in [0.5, 0.6) is 0 Å². The molecule has 2 aromatic carbocycles. The SMILES string of the molecule is CC1(C)c2cc(N3CCC(N4CCOCC4)CC3)c(CCCF)cc2C(=O)c2c1[nH]c1cc(C#N)ccc21. The van der Waals surface area contributed by atoms with Gasteiger partial charge in [0, 0.05) is 65.5 Å². The molecule has 0 saturated carbocycles. The number of anilines is 1. The van der Waals surface area contributed by atoms with E-state index in [0.29, 0.717) is 35.6 Å². The topological polar surface area (TPSA) is 72.4 Å². The molecule has 3 aromatic rings. The molecule has 7 heteroatoms. The highest BCUT2D eigenvalue weighted by Gasteiger charge is 2.41. The van der Waals surface area contributed by atoms with Gasteiger partial charge in [-0.2, -0.15) is 5.26 Å². The zero-order valence-corrected chi connectivity index (χ0v) is 22.3. The third-order valence-electron chi connectivity index (χ3n) is 8.86. The highest BCUT2D eigenvalue weighted by atomic mass is 19.1. The predicted molar refractivity (Wildman–Crippen MR) is 147 cm³/mol. The Bertz CT molecular complexity index is 1420. The number of hydrogen-bond donors (Lipinski definition) is 1. The molecule has 2 fully saturated rings. The molecule has 6 nitrogen and oxygen atoms in total. The van der Waals surface area contributed by atoms with Crippen LogP contribution in [-0.4, -0.2) is 67.8 Å². The largest absolute Gasteiger partial charge is 0.379 e. The van der Waals surface area contributed by atoms with Gasteiger partial charge in [-0.15, -0.1) is 0 Å². The number of nitrogens with one attached hydrogen (secondary N) is 1. The lowest BCUT2D eigenvalue weighted by Gasteiger charge is -2.42. The molecule has 1 N–H and O–H groups in total. The van der Waals surface area contributed by atoms with Crippen molar-refractivity contribution in [2.24, 2.45) is 0 Å². The Balaban J connectivity index is 1.38. The van der Waals surface area contributed by atoms with Crippen LogP contribution in [0, 0.1) is 11.3 Å². The number of morpholine rings is 1. The number of carbonyl (C=O) groups is 1. The minimum absolute atomic E-state index is 0.00403. The molecule has 3 aliphatic rings. The van der Waals surface area contributed by atoms with Crippen molar-refractivity contribution in [1.82, 2.24) is 9.88 Å². The Hall–Kier alpha value is -3.21. The van der Waals surface area contributed by atoms with Gasteiger partial charge < -0.3 is 14.6 Å². The van der Waals surface area contributed by atoms with Gasteiger partial charge in [-0.25, -0.2) is 0 Å². The molecule has 0 radical (unpaired) electrons. The average molecular weight is 515 g/mol. The van der Waals surface area contributed by atoms with Crippen molar-refractivity contribution in [2.45, 2.75) is 51.0 Å². The van der Waals surface area contributed by atoms with Crippen LogP contribution in [0.4, 0.5) is 10.1 Å². The summed E-state index contributed by atoms with van der Waals surface area (Å²) in [4.78, 5) is 22.5. The number of alkyl halides is 1. The molecular formula is C31H35FN4O2. The lowest BCUT2D eigenvalue weighted by atomic mass is 9.70. The predicted octanol–water partition coefficient (Wildman–Crippen LogP) is 5.11. The van der Waals surface area contributed by atoms with Crippen molar-refractivity contribution in [3.63, 3.8) is 0 Å². The number of ether oxygens (including phenoxy) is 1. The summed E-state index contributed by atoms with van der Waals surface area (Å²) in [6, 6.07) is 12.5. The number of piperidine rings is 1. The van der Waals surface area contributed by atoms with E-state index < -0.39 is 5.41 Å². The van der Waals surface area contributed by atoms with Crippen LogP contribution >= 0.6 is 0 Å². The summed E-state index contributed by atoms with van der Waals surface area (Å²) in [5.41, 5.74) is 6.47. The molecule has 0 bridgehead atoms. The van der Waals surface area contributed by atoms with Crippen molar-refractivity contribution in [3.05, 3.63) is 63.8 Å². The van der Waals surface area contributed by atoms with Gasteiger partial charge in [-0.1, -0.05) is 19.9 Å². The highest BCUT2D eigenvalue weighted by molar-refractivity contribution is 6.20. The van der Waals surface area contributed by atoms with Crippen LogP contribution < -0.4 is 4.90 Å². The van der Waals surface area contributed by atoms with Crippen LogP contribution in [0.2, 0.25) is 0 Å². The Kier molecular flexibility index (Phi) is 6.49. The second-order valence-electron chi connectivity index (χ2n) is 11.4. The second-order valence-corrected chi connectivity index (χ2v) is 11.4. The lowest BCUT2D eigenvalue weighted by molar-refractivity contribution is 0.0115. The standard InChI is InChI=1S/C31H35FN4O2/c1-31(2)25-18-27(36-10-7-22(8-11-36)35-12-14-38-15-13-35)21(4-3-9-32)17-24(25)29(37)28-23-6-5-20(19-33)16-26(23)34-30(28)31/h5-6,16-18,22,34H,3-4,7-15H2,1-2H3. The third-order valence-corrected chi connectivity index (χ3v) is 8.86. The molecule has 1 aliphatic carbocycles. The maximum Gasteiger partial charge on any atom is 0.195 e. The van der Waals surface area contributed by atoms with Crippen LogP contribution in [0.3, 0.4) is 0 Å². The number of rotatable bonds is 5. The van der Waals surface area contributed by atoms with E-state index in [1.807, 2.05) is 18.2 Å². The summed E-state index contributed by atoms with van der Waals surface area (Å²) in [5.74, 6) is 0.00403. The molecule has 38 heavy (non-hydrogen) atoms. The number of nitriles is 1. The van der Waals surface area contributed by atoms with Crippen molar-refractivity contribution in [2.75, 3.05) is 51.0 Å². The van der Waals surface area contributed by atoms with E-state index in [1.165, 1.54) is 0 Å². The van der Waals surface area contributed by atoms with Crippen molar-refractivity contribution in [3.8, 4) is 6.07 Å². The smallest absolute Gasteiger partial charge is 0.195 e. The molecule has 0 amide bonds. The van der Waals surface area contributed by atoms with Gasteiger partial charge in [0.15, 0.2) is 5.78 Å². The number of aryl methyl sites for hydroxylation is 1. The number of hydrogen-bond acceptors (Lipinski definition) is 5. The van der Waals surface area contributed by atoms with E-state index in [4.69, 9.17) is 4.74 Å². The van der Waals surface area contributed by atoms with Gasteiger partial charge in [-0.05, 0) is 61.1 Å². The summed E-state index contributed by atoms with van der Waals surface area (Å²) in [7, 11) is 0. The minimum Gasteiger partial charge on any atom is -0.379 e.